The molecular weight excluding hydrogens is 208 g/mol. The molecule has 0 fully saturated rings. The number of hydrogen-bond donors (Lipinski definition) is 1. The fourth-order valence-corrected chi connectivity index (χ4v) is 2.32. The fraction of sp³-hybridized carbons (Fsp3) is 0.364. The molecule has 0 aliphatic rings. The monoisotopic (exact) mass is 222 g/mol. The van der Waals surface area contributed by atoms with Gasteiger partial charge in [0.05, 0.1) is 11.3 Å². The minimum atomic E-state index is 0.594. The Morgan fingerprint density at radius 3 is 3.00 bits per heavy atom. The number of hydrogen-bond acceptors (Lipinski definition) is 4. The number of benzene rings is 1. The van der Waals surface area contributed by atoms with Crippen LogP contribution in [0.25, 0.3) is 10.2 Å². The van der Waals surface area contributed by atoms with Crippen LogP contribution in [0.5, 0.6) is 5.75 Å². The van der Waals surface area contributed by atoms with Gasteiger partial charge in [-0.15, -0.1) is 0 Å². The third kappa shape index (κ3) is 2.04. The van der Waals surface area contributed by atoms with E-state index < -0.39 is 0 Å². The molecule has 0 saturated heterocycles. The van der Waals surface area contributed by atoms with Crippen LogP contribution in [0.1, 0.15) is 18.9 Å². The van der Waals surface area contributed by atoms with Crippen LogP contribution in [0.3, 0.4) is 0 Å². The third-order valence-corrected chi connectivity index (χ3v) is 2.91. The lowest BCUT2D eigenvalue weighted by atomic mass is 10.2. The molecule has 80 valence electrons. The van der Waals surface area contributed by atoms with Gasteiger partial charge in [-0.25, -0.2) is 4.98 Å². The van der Waals surface area contributed by atoms with Crippen molar-refractivity contribution in [2.24, 2.45) is 0 Å². The maximum atomic E-state index is 5.69. The van der Waals surface area contributed by atoms with Crippen molar-refractivity contribution in [3.8, 4) is 5.75 Å². The molecule has 0 amide bonds. The number of rotatable bonds is 3. The number of nitrogens with zero attached hydrogens (tertiary/aromatic N) is 1. The van der Waals surface area contributed by atoms with Gasteiger partial charge in [-0.1, -0.05) is 18.3 Å². The van der Waals surface area contributed by atoms with Gasteiger partial charge in [0, 0.05) is 0 Å². The largest absolute Gasteiger partial charge is 0.491 e. The van der Waals surface area contributed by atoms with Crippen LogP contribution in [0.2, 0.25) is 0 Å². The first-order valence-electron chi connectivity index (χ1n) is 5.00. The molecule has 3 nitrogen and oxygen atoms in total. The van der Waals surface area contributed by atoms with Crippen molar-refractivity contribution >= 4 is 26.7 Å². The number of aryl methyl sites for hydroxylation is 1. The molecule has 0 unspecified atom stereocenters. The smallest absolute Gasteiger partial charge is 0.181 e. The van der Waals surface area contributed by atoms with Crippen molar-refractivity contribution in [2.75, 3.05) is 12.3 Å². The number of anilines is 1. The summed E-state index contributed by atoms with van der Waals surface area (Å²) in [6.45, 7) is 4.85. The summed E-state index contributed by atoms with van der Waals surface area (Å²) in [5.41, 5.74) is 7.75. The van der Waals surface area contributed by atoms with Crippen molar-refractivity contribution in [2.45, 2.75) is 20.3 Å². The Kier molecular flexibility index (Phi) is 2.77. The Morgan fingerprint density at radius 2 is 2.27 bits per heavy atom. The van der Waals surface area contributed by atoms with Crippen molar-refractivity contribution in [3.05, 3.63) is 17.7 Å². The standard InChI is InChI=1S/C11H14N2OS/c1-3-4-14-8-5-7(2)6-9-10(8)13-11(12)15-9/h5-6H,3-4H2,1-2H3,(H2,12,13). The third-order valence-electron chi connectivity index (χ3n) is 2.08. The van der Waals surface area contributed by atoms with E-state index in [2.05, 4.69) is 18.0 Å². The van der Waals surface area contributed by atoms with Gasteiger partial charge in [0.25, 0.3) is 0 Å². The highest BCUT2D eigenvalue weighted by molar-refractivity contribution is 7.22. The Bertz CT molecular complexity index is 479. The molecule has 0 radical (unpaired) electrons. The van der Waals surface area contributed by atoms with Crippen LogP contribution in [0, 0.1) is 6.92 Å². The molecule has 1 aromatic heterocycles. The van der Waals surface area contributed by atoms with Gasteiger partial charge >= 0.3 is 0 Å². The first kappa shape index (κ1) is 10.2. The number of fused-ring (bicyclic) bond motifs is 1. The topological polar surface area (TPSA) is 48.1 Å². The minimum Gasteiger partial charge on any atom is -0.491 e. The second-order valence-corrected chi connectivity index (χ2v) is 4.57. The molecule has 0 saturated carbocycles. The summed E-state index contributed by atoms with van der Waals surface area (Å²) < 4.78 is 6.75. The fourth-order valence-electron chi connectivity index (χ4n) is 1.47. The normalized spacial score (nSPS) is 10.8. The SMILES string of the molecule is CCCOc1cc(C)cc2sc(N)nc12. The highest BCUT2D eigenvalue weighted by Crippen LogP contribution is 2.32. The predicted molar refractivity (Wildman–Crippen MR) is 64.6 cm³/mol. The zero-order chi connectivity index (χ0) is 10.8. The lowest BCUT2D eigenvalue weighted by Crippen LogP contribution is -1.96. The summed E-state index contributed by atoms with van der Waals surface area (Å²) in [5.74, 6) is 0.847. The van der Waals surface area contributed by atoms with Gasteiger partial charge in [0.2, 0.25) is 0 Å². The summed E-state index contributed by atoms with van der Waals surface area (Å²) in [7, 11) is 0. The van der Waals surface area contributed by atoms with Crippen molar-refractivity contribution in [1.29, 1.82) is 0 Å². The van der Waals surface area contributed by atoms with Crippen LogP contribution < -0.4 is 10.5 Å². The van der Waals surface area contributed by atoms with Crippen LogP contribution >= 0.6 is 11.3 Å². The summed E-state index contributed by atoms with van der Waals surface area (Å²) in [6, 6.07) is 4.10. The van der Waals surface area contributed by atoms with Crippen LogP contribution in [0.15, 0.2) is 12.1 Å². The Labute approximate surface area is 92.9 Å². The van der Waals surface area contributed by atoms with Crippen LogP contribution in [-0.2, 0) is 0 Å². The maximum Gasteiger partial charge on any atom is 0.181 e. The number of thiazole rings is 1. The molecule has 1 aromatic carbocycles. The van der Waals surface area contributed by atoms with E-state index in [1.165, 1.54) is 16.9 Å². The highest BCUT2D eigenvalue weighted by atomic mass is 32.1. The van der Waals surface area contributed by atoms with Gasteiger partial charge in [0.1, 0.15) is 11.3 Å². The second kappa shape index (κ2) is 4.06. The lowest BCUT2D eigenvalue weighted by molar-refractivity contribution is 0.320. The average Bonchev–Trinajstić information content (AvgIpc) is 2.54. The molecule has 0 aliphatic carbocycles. The van der Waals surface area contributed by atoms with Crippen LogP contribution in [0.4, 0.5) is 5.13 Å². The van der Waals surface area contributed by atoms with E-state index in [4.69, 9.17) is 10.5 Å². The first-order chi connectivity index (χ1) is 7.20. The molecule has 2 N–H and O–H groups in total. The van der Waals surface area contributed by atoms with Gasteiger partial charge < -0.3 is 10.5 Å². The van der Waals surface area contributed by atoms with Gasteiger partial charge in [0.15, 0.2) is 5.13 Å². The van der Waals surface area contributed by atoms with E-state index in [9.17, 15) is 0 Å². The summed E-state index contributed by atoms with van der Waals surface area (Å²) in [6.07, 6.45) is 0.995. The van der Waals surface area contributed by atoms with Gasteiger partial charge in [-0.3, -0.25) is 0 Å². The second-order valence-electron chi connectivity index (χ2n) is 3.51. The summed E-state index contributed by atoms with van der Waals surface area (Å²) in [5, 5.41) is 0.594. The van der Waals surface area contributed by atoms with E-state index in [1.807, 2.05) is 13.0 Å². The molecular formula is C11H14N2OS. The predicted octanol–water partition coefficient (Wildman–Crippen LogP) is 2.98. The van der Waals surface area contributed by atoms with E-state index in [1.54, 1.807) is 0 Å². The highest BCUT2D eigenvalue weighted by Gasteiger charge is 2.08. The van der Waals surface area contributed by atoms with Crippen LogP contribution in [-0.4, -0.2) is 11.6 Å². The minimum absolute atomic E-state index is 0.594. The zero-order valence-electron chi connectivity index (χ0n) is 8.91. The lowest BCUT2D eigenvalue weighted by Gasteiger charge is -2.05. The first-order valence-corrected chi connectivity index (χ1v) is 5.82. The molecule has 2 rings (SSSR count). The van der Waals surface area contributed by atoms with Gasteiger partial charge in [-0.05, 0) is 31.0 Å². The number of nitrogen functional groups attached to an aromatic ring is 1. The average molecular weight is 222 g/mol. The molecule has 0 bridgehead atoms. The van der Waals surface area contributed by atoms with Crippen molar-refractivity contribution in [1.82, 2.24) is 4.98 Å². The Hall–Kier alpha value is -1.29. The van der Waals surface area contributed by atoms with Gasteiger partial charge in [-0.2, -0.15) is 0 Å². The van der Waals surface area contributed by atoms with E-state index >= 15 is 0 Å². The summed E-state index contributed by atoms with van der Waals surface area (Å²) in [4.78, 5) is 4.28. The van der Waals surface area contributed by atoms with E-state index in [0.717, 1.165) is 29.0 Å². The molecule has 1 heterocycles. The molecule has 2 aromatic rings. The Morgan fingerprint density at radius 1 is 1.47 bits per heavy atom. The van der Waals surface area contributed by atoms with Crippen molar-refractivity contribution < 1.29 is 4.74 Å². The summed E-state index contributed by atoms with van der Waals surface area (Å²) >= 11 is 1.50. The van der Waals surface area contributed by atoms with Crippen molar-refractivity contribution in [3.63, 3.8) is 0 Å². The number of nitrogens with two attached hydrogens (primary N) is 1. The number of ether oxygens (including phenoxy) is 1. The molecule has 4 heteroatoms. The maximum absolute atomic E-state index is 5.69. The van der Waals surface area contributed by atoms with E-state index in [-0.39, 0.29) is 0 Å². The number of aromatic nitrogens is 1. The zero-order valence-corrected chi connectivity index (χ0v) is 9.73. The quantitative estimate of drug-likeness (QED) is 0.868. The molecule has 0 aliphatic heterocycles. The molecule has 0 atom stereocenters. The Balaban J connectivity index is 2.50. The molecule has 15 heavy (non-hydrogen) atoms. The molecule has 0 spiro atoms. The van der Waals surface area contributed by atoms with E-state index in [0.29, 0.717) is 5.13 Å².